The first kappa shape index (κ1) is 9.93. The van der Waals surface area contributed by atoms with Crippen molar-refractivity contribution in [3.63, 3.8) is 0 Å². The Morgan fingerprint density at radius 2 is 1.67 bits per heavy atom. The van der Waals surface area contributed by atoms with Crippen LogP contribution in [-0.4, -0.2) is 15.2 Å². The van der Waals surface area contributed by atoms with E-state index in [-0.39, 0.29) is 0 Å². The first-order valence-electron chi connectivity index (χ1n) is 1.63. The molecular formula is C3H8Cl2Si. The van der Waals surface area contributed by atoms with Crippen molar-refractivity contribution in [3.8, 4) is 0 Å². The summed E-state index contributed by atoms with van der Waals surface area (Å²) in [5.74, 6) is 0. The van der Waals surface area contributed by atoms with Crippen LogP contribution in [0.15, 0.2) is 0 Å². The highest BCUT2D eigenvalue weighted by molar-refractivity contribution is 6.93. The summed E-state index contributed by atoms with van der Waals surface area (Å²) in [7, 11) is 0.613. The summed E-state index contributed by atoms with van der Waals surface area (Å²) in [5, 5.41) is 0. The standard InChI is InChI=1S/C2H5ClSi.CH3Cl/c1-2-4-3;1-2/h2H2,1H3;1H3. The second kappa shape index (κ2) is 17.1. The maximum Gasteiger partial charge on any atom is 0.171 e. The normalized spacial score (nSPS) is 6.00. The van der Waals surface area contributed by atoms with Crippen molar-refractivity contribution in [1.82, 2.24) is 0 Å². The van der Waals surface area contributed by atoms with Crippen LogP contribution in [0.2, 0.25) is 6.04 Å². The van der Waals surface area contributed by atoms with Crippen LogP contribution in [0, 0.1) is 0 Å². The van der Waals surface area contributed by atoms with Gasteiger partial charge in [-0.2, -0.15) is 11.1 Å². The number of rotatable bonds is 1. The molecule has 0 aliphatic carbocycles. The molecule has 0 fully saturated rings. The fourth-order valence-electron chi connectivity index (χ4n) is 0. The van der Waals surface area contributed by atoms with Crippen LogP contribution in [0.25, 0.3) is 0 Å². The van der Waals surface area contributed by atoms with Crippen LogP contribution in [0.3, 0.4) is 0 Å². The Labute approximate surface area is 51.4 Å². The van der Waals surface area contributed by atoms with Gasteiger partial charge >= 0.3 is 0 Å². The Hall–Kier alpha value is 0.797. The molecule has 3 heteroatoms. The van der Waals surface area contributed by atoms with Crippen LogP contribution in [0.1, 0.15) is 6.92 Å². The molecule has 0 unspecified atom stereocenters. The minimum Gasteiger partial charge on any atom is -0.171 e. The zero-order valence-electron chi connectivity index (χ0n) is 3.96. The van der Waals surface area contributed by atoms with Gasteiger partial charge in [0.1, 0.15) is 0 Å². The van der Waals surface area contributed by atoms with Gasteiger partial charge in [-0.3, -0.25) is 0 Å². The molecule has 0 N–H and O–H groups in total. The summed E-state index contributed by atoms with van der Waals surface area (Å²) in [6, 6.07) is 1.11. The first-order valence-corrected chi connectivity index (χ1v) is 4.60. The smallest absolute Gasteiger partial charge is 0.171 e. The first-order chi connectivity index (χ1) is 2.91. The summed E-state index contributed by atoms with van der Waals surface area (Å²) in [6.45, 7) is 2.06. The SMILES string of the molecule is CC[Si]Cl.CCl. The van der Waals surface area contributed by atoms with E-state index in [1.165, 1.54) is 6.38 Å². The van der Waals surface area contributed by atoms with Crippen molar-refractivity contribution in [2.24, 2.45) is 0 Å². The van der Waals surface area contributed by atoms with E-state index in [4.69, 9.17) is 11.1 Å². The molecule has 0 saturated heterocycles. The van der Waals surface area contributed by atoms with Gasteiger partial charge < -0.3 is 0 Å². The molecule has 0 spiro atoms. The van der Waals surface area contributed by atoms with Crippen molar-refractivity contribution in [2.75, 3.05) is 6.38 Å². The molecule has 0 aliphatic heterocycles. The van der Waals surface area contributed by atoms with E-state index in [0.29, 0.717) is 8.83 Å². The van der Waals surface area contributed by atoms with Crippen molar-refractivity contribution in [3.05, 3.63) is 0 Å². The lowest BCUT2D eigenvalue weighted by Gasteiger charge is -1.61. The number of hydrogen-bond acceptors (Lipinski definition) is 0. The molecule has 0 saturated carbocycles. The van der Waals surface area contributed by atoms with E-state index in [9.17, 15) is 0 Å². The van der Waals surface area contributed by atoms with Gasteiger partial charge in [0.2, 0.25) is 0 Å². The molecule has 0 rings (SSSR count). The van der Waals surface area contributed by atoms with Gasteiger partial charge in [0, 0.05) is 6.38 Å². The zero-order chi connectivity index (χ0) is 5.41. The van der Waals surface area contributed by atoms with Gasteiger partial charge in [-0.05, 0) is 6.04 Å². The van der Waals surface area contributed by atoms with Crippen molar-refractivity contribution >= 4 is 31.5 Å². The second-order valence-electron chi connectivity index (χ2n) is 0.487. The summed E-state index contributed by atoms with van der Waals surface area (Å²) >= 11 is 9.85. The lowest BCUT2D eigenvalue weighted by atomic mass is 11.0. The molecule has 0 aromatic rings. The third kappa shape index (κ3) is 21.4. The average Bonchev–Trinajstić information content (AvgIpc) is 1.72. The van der Waals surface area contributed by atoms with Gasteiger partial charge in [-0.25, -0.2) is 0 Å². The number of halogens is 2. The van der Waals surface area contributed by atoms with E-state index in [1.54, 1.807) is 0 Å². The fourth-order valence-corrected chi connectivity index (χ4v) is 0. The molecule has 6 heavy (non-hydrogen) atoms. The van der Waals surface area contributed by atoms with Gasteiger partial charge in [-0.1, -0.05) is 6.92 Å². The molecule has 0 heterocycles. The molecule has 0 amide bonds. The Morgan fingerprint density at radius 1 is 1.50 bits per heavy atom. The van der Waals surface area contributed by atoms with E-state index in [1.807, 2.05) is 0 Å². The Bertz CT molecular complexity index is 10.8. The number of hydrogen-bond donors (Lipinski definition) is 0. The summed E-state index contributed by atoms with van der Waals surface area (Å²) in [4.78, 5) is 0. The highest BCUT2D eigenvalue weighted by atomic mass is 35.6. The largest absolute Gasteiger partial charge is 0.171 e. The zero-order valence-corrected chi connectivity index (χ0v) is 6.47. The molecule has 2 radical (unpaired) electrons. The average molecular weight is 143 g/mol. The lowest BCUT2D eigenvalue weighted by molar-refractivity contribution is 1.47. The van der Waals surface area contributed by atoms with Crippen molar-refractivity contribution in [2.45, 2.75) is 13.0 Å². The van der Waals surface area contributed by atoms with E-state index >= 15 is 0 Å². The Balaban J connectivity index is 0. The predicted octanol–water partition coefficient (Wildman–Crippen LogP) is 2.14. The van der Waals surface area contributed by atoms with E-state index in [2.05, 4.69) is 18.5 Å². The monoisotopic (exact) mass is 142 g/mol. The molecule has 38 valence electrons. The summed E-state index contributed by atoms with van der Waals surface area (Å²) in [5.41, 5.74) is 0. The van der Waals surface area contributed by atoms with Crippen LogP contribution >= 0.6 is 22.7 Å². The fraction of sp³-hybridized carbons (Fsp3) is 1.00. The molecular weight excluding hydrogens is 135 g/mol. The lowest BCUT2D eigenvalue weighted by Crippen LogP contribution is -1.61. The second-order valence-corrected chi connectivity index (χ2v) is 2.26. The minimum absolute atomic E-state index is 0.613. The van der Waals surface area contributed by atoms with Crippen LogP contribution in [-0.2, 0) is 0 Å². The van der Waals surface area contributed by atoms with Gasteiger partial charge in [0.15, 0.2) is 8.83 Å². The quantitative estimate of drug-likeness (QED) is 0.299. The molecule has 0 aromatic heterocycles. The highest BCUT2D eigenvalue weighted by Gasteiger charge is 1.64. The van der Waals surface area contributed by atoms with E-state index in [0.717, 1.165) is 6.04 Å². The third-order valence-electron chi connectivity index (χ3n) is 0.134. The van der Waals surface area contributed by atoms with Gasteiger partial charge in [0.05, 0.1) is 0 Å². The maximum absolute atomic E-state index is 5.21. The molecule has 0 atom stereocenters. The third-order valence-corrected chi connectivity index (χ3v) is 1.20. The van der Waals surface area contributed by atoms with E-state index < -0.39 is 0 Å². The molecule has 0 bridgehead atoms. The summed E-state index contributed by atoms with van der Waals surface area (Å²) in [6.07, 6.45) is 1.47. The highest BCUT2D eigenvalue weighted by Crippen LogP contribution is 1.73. The van der Waals surface area contributed by atoms with Crippen LogP contribution < -0.4 is 0 Å². The molecule has 0 aliphatic rings. The van der Waals surface area contributed by atoms with Gasteiger partial charge in [0.25, 0.3) is 0 Å². The summed E-state index contributed by atoms with van der Waals surface area (Å²) < 4.78 is 0. The maximum atomic E-state index is 5.21. The minimum atomic E-state index is 0.613. The van der Waals surface area contributed by atoms with Crippen molar-refractivity contribution in [1.29, 1.82) is 0 Å². The van der Waals surface area contributed by atoms with Gasteiger partial charge in [-0.15, -0.1) is 11.6 Å². The topological polar surface area (TPSA) is 0 Å². The number of alkyl halides is 1. The van der Waals surface area contributed by atoms with Crippen molar-refractivity contribution < 1.29 is 0 Å². The van der Waals surface area contributed by atoms with Crippen LogP contribution in [0.5, 0.6) is 0 Å². The van der Waals surface area contributed by atoms with Crippen LogP contribution in [0.4, 0.5) is 0 Å². The molecule has 0 nitrogen and oxygen atoms in total. The Kier molecular flexibility index (Phi) is 28.2. The predicted molar refractivity (Wildman–Crippen MR) is 33.9 cm³/mol. The Morgan fingerprint density at radius 3 is 1.67 bits per heavy atom. The molecule has 0 aromatic carbocycles.